The van der Waals surface area contributed by atoms with E-state index in [0.717, 1.165) is 40.5 Å². The van der Waals surface area contributed by atoms with Crippen LogP contribution < -0.4 is 20.7 Å². The fourth-order valence-electron chi connectivity index (χ4n) is 3.76. The van der Waals surface area contributed by atoms with Crippen LogP contribution in [0.3, 0.4) is 0 Å². The summed E-state index contributed by atoms with van der Waals surface area (Å²) in [4.78, 5) is 13.0. The Morgan fingerprint density at radius 3 is 2.87 bits per heavy atom. The first-order valence-corrected chi connectivity index (χ1v) is 10.1. The van der Waals surface area contributed by atoms with Crippen LogP contribution in [0.4, 0.5) is 5.82 Å². The van der Waals surface area contributed by atoms with E-state index in [9.17, 15) is 0 Å². The van der Waals surface area contributed by atoms with Crippen LogP contribution in [0.15, 0.2) is 41.8 Å². The molecule has 1 unspecified atom stereocenters. The van der Waals surface area contributed by atoms with Crippen LogP contribution in [0.2, 0.25) is 0 Å². The molecule has 2 aromatic heterocycles. The number of rotatable bonds is 5. The molecule has 3 N–H and O–H groups in total. The summed E-state index contributed by atoms with van der Waals surface area (Å²) >= 11 is 0. The second kappa shape index (κ2) is 9.67. The number of hydrogen-bond acceptors (Lipinski definition) is 6. The van der Waals surface area contributed by atoms with Gasteiger partial charge in [0.05, 0.1) is 17.6 Å². The van der Waals surface area contributed by atoms with Crippen LogP contribution in [0, 0.1) is 0 Å². The van der Waals surface area contributed by atoms with Crippen molar-refractivity contribution in [3.05, 3.63) is 42.4 Å². The molecule has 1 atom stereocenters. The summed E-state index contributed by atoms with van der Waals surface area (Å²) in [6.45, 7) is 5.58. The molecule has 166 valence electrons. The molecule has 31 heavy (non-hydrogen) atoms. The number of aromatic nitrogens is 4. The Balaban J connectivity index is 0.00000272. The van der Waals surface area contributed by atoms with Gasteiger partial charge in [0.25, 0.3) is 0 Å². The van der Waals surface area contributed by atoms with E-state index in [1.54, 1.807) is 24.3 Å². The summed E-state index contributed by atoms with van der Waals surface area (Å²) in [5.41, 5.74) is 1.71. The fourth-order valence-corrected chi connectivity index (χ4v) is 3.76. The van der Waals surface area contributed by atoms with Crippen molar-refractivity contribution in [3.8, 4) is 5.75 Å². The van der Waals surface area contributed by atoms with Gasteiger partial charge in [0.1, 0.15) is 23.5 Å². The van der Waals surface area contributed by atoms with E-state index in [-0.39, 0.29) is 35.6 Å². The van der Waals surface area contributed by atoms with Gasteiger partial charge in [-0.2, -0.15) is 5.10 Å². The molecule has 3 aromatic rings. The average molecular weight is 536 g/mol. The molecule has 9 nitrogen and oxygen atoms in total. The van der Waals surface area contributed by atoms with E-state index in [2.05, 4.69) is 55.9 Å². The minimum Gasteiger partial charge on any atom is -0.487 e. The Hall–Kier alpha value is -2.63. The number of aliphatic imine (C=N–C) groups is 1. The van der Waals surface area contributed by atoms with E-state index in [0.29, 0.717) is 13.1 Å². The van der Waals surface area contributed by atoms with Crippen molar-refractivity contribution in [3.63, 3.8) is 0 Å². The molecule has 1 aliphatic rings. The Morgan fingerprint density at radius 1 is 1.26 bits per heavy atom. The number of aryl methyl sites for hydroxylation is 1. The monoisotopic (exact) mass is 536 g/mol. The molecule has 0 fully saturated rings. The molecule has 0 aliphatic carbocycles. The highest BCUT2D eigenvalue weighted by atomic mass is 127. The minimum atomic E-state index is -0.242. The summed E-state index contributed by atoms with van der Waals surface area (Å²) in [6.07, 6.45) is 4.17. The molecule has 0 spiro atoms. The van der Waals surface area contributed by atoms with Crippen LogP contribution in [0.1, 0.15) is 31.9 Å². The van der Waals surface area contributed by atoms with Crippen molar-refractivity contribution < 1.29 is 4.74 Å². The summed E-state index contributed by atoms with van der Waals surface area (Å²) in [5, 5.41) is 15.4. The van der Waals surface area contributed by atoms with Crippen LogP contribution in [-0.4, -0.2) is 51.4 Å². The number of nitrogens with one attached hydrogen (secondary N) is 3. The van der Waals surface area contributed by atoms with Crippen LogP contribution in [0.5, 0.6) is 5.75 Å². The highest BCUT2D eigenvalue weighted by Gasteiger charge is 2.33. The van der Waals surface area contributed by atoms with Crippen LogP contribution >= 0.6 is 24.0 Å². The van der Waals surface area contributed by atoms with Crippen LogP contribution in [-0.2, 0) is 7.05 Å². The molecule has 0 radical (unpaired) electrons. The maximum atomic E-state index is 6.12. The second-order valence-electron chi connectivity index (χ2n) is 7.95. The third kappa shape index (κ3) is 5.17. The van der Waals surface area contributed by atoms with Crippen LogP contribution in [0.25, 0.3) is 11.0 Å². The smallest absolute Gasteiger partial charge is 0.191 e. The number of halogens is 1. The van der Waals surface area contributed by atoms with Gasteiger partial charge in [-0.1, -0.05) is 18.2 Å². The van der Waals surface area contributed by atoms with Crippen molar-refractivity contribution in [2.45, 2.75) is 31.9 Å². The second-order valence-corrected chi connectivity index (χ2v) is 7.95. The highest BCUT2D eigenvalue weighted by Crippen LogP contribution is 2.39. The Labute approximate surface area is 199 Å². The van der Waals surface area contributed by atoms with Crippen molar-refractivity contribution in [1.29, 1.82) is 0 Å². The zero-order valence-corrected chi connectivity index (χ0v) is 20.5. The summed E-state index contributed by atoms with van der Waals surface area (Å²) in [7, 11) is 3.65. The van der Waals surface area contributed by atoms with Gasteiger partial charge in [-0.25, -0.2) is 9.97 Å². The fraction of sp³-hybridized carbons (Fsp3) is 0.429. The van der Waals surface area contributed by atoms with Gasteiger partial charge >= 0.3 is 0 Å². The molecule has 10 heteroatoms. The van der Waals surface area contributed by atoms with Gasteiger partial charge in [0.15, 0.2) is 11.6 Å². The largest absolute Gasteiger partial charge is 0.487 e. The lowest BCUT2D eigenvalue weighted by atomic mass is 9.90. The lowest BCUT2D eigenvalue weighted by Crippen LogP contribution is -2.46. The lowest BCUT2D eigenvalue weighted by molar-refractivity contribution is 0.0694. The van der Waals surface area contributed by atoms with Crippen molar-refractivity contribution in [2.24, 2.45) is 12.0 Å². The highest BCUT2D eigenvalue weighted by molar-refractivity contribution is 14.0. The standard InChI is InChI=1S/C21H28N8O.HI/c1-21(2)11-16(14-7-5-6-8-17(14)30-21)28-20(22-3)24-10-9-23-18-15-12-27-29(4)19(15)26-13-25-18;/h5-8,12-13,16H,9-11H2,1-4H3,(H2,22,24,28)(H,23,25,26);1H. The third-order valence-electron chi connectivity index (χ3n) is 5.15. The number of guanidine groups is 1. The maximum absolute atomic E-state index is 6.12. The Morgan fingerprint density at radius 2 is 2.06 bits per heavy atom. The zero-order chi connectivity index (χ0) is 21.1. The van der Waals surface area contributed by atoms with Crippen molar-refractivity contribution in [2.75, 3.05) is 25.5 Å². The number of para-hydroxylation sites is 1. The lowest BCUT2D eigenvalue weighted by Gasteiger charge is -2.38. The summed E-state index contributed by atoms with van der Waals surface area (Å²) < 4.78 is 7.86. The van der Waals surface area contributed by atoms with Crippen molar-refractivity contribution in [1.82, 2.24) is 30.4 Å². The quantitative estimate of drug-likeness (QED) is 0.200. The topological polar surface area (TPSA) is 101 Å². The first-order chi connectivity index (χ1) is 14.5. The zero-order valence-electron chi connectivity index (χ0n) is 18.2. The number of anilines is 1. The van der Waals surface area contributed by atoms with E-state index >= 15 is 0 Å². The number of benzene rings is 1. The van der Waals surface area contributed by atoms with E-state index in [4.69, 9.17) is 4.74 Å². The SMILES string of the molecule is CN=C(NCCNc1ncnc2c1cnn2C)NC1CC(C)(C)Oc2ccccc21.I. The molecule has 1 aromatic carbocycles. The Kier molecular flexibility index (Phi) is 7.19. The molecule has 0 saturated heterocycles. The van der Waals surface area contributed by atoms with E-state index in [1.165, 1.54) is 0 Å². The van der Waals surface area contributed by atoms with Crippen molar-refractivity contribution >= 4 is 46.8 Å². The molecule has 0 saturated carbocycles. The molecule has 0 bridgehead atoms. The normalized spacial score (nSPS) is 17.3. The van der Waals surface area contributed by atoms with E-state index < -0.39 is 0 Å². The molecule has 4 rings (SSSR count). The molecule has 1 aliphatic heterocycles. The summed E-state index contributed by atoms with van der Waals surface area (Å²) in [6, 6.07) is 8.29. The maximum Gasteiger partial charge on any atom is 0.191 e. The summed E-state index contributed by atoms with van der Waals surface area (Å²) in [5.74, 6) is 2.45. The molecule has 3 heterocycles. The molecule has 0 amide bonds. The van der Waals surface area contributed by atoms with Gasteiger partial charge in [-0.15, -0.1) is 24.0 Å². The minimum absolute atomic E-state index is 0. The van der Waals surface area contributed by atoms with E-state index in [1.807, 2.05) is 25.2 Å². The van der Waals surface area contributed by atoms with Gasteiger partial charge < -0.3 is 20.7 Å². The number of nitrogens with zero attached hydrogens (tertiary/aromatic N) is 5. The number of hydrogen-bond donors (Lipinski definition) is 3. The number of fused-ring (bicyclic) bond motifs is 2. The first-order valence-electron chi connectivity index (χ1n) is 10.1. The van der Waals surface area contributed by atoms with Gasteiger partial charge in [0.2, 0.25) is 0 Å². The Bertz CT molecular complexity index is 1060. The van der Waals surface area contributed by atoms with Gasteiger partial charge in [-0.05, 0) is 19.9 Å². The van der Waals surface area contributed by atoms with Gasteiger partial charge in [0, 0.05) is 39.2 Å². The number of ether oxygens (including phenoxy) is 1. The van der Waals surface area contributed by atoms with Gasteiger partial charge in [-0.3, -0.25) is 9.67 Å². The predicted octanol–water partition coefficient (Wildman–Crippen LogP) is 2.86. The molecular weight excluding hydrogens is 507 g/mol. The predicted molar refractivity (Wildman–Crippen MR) is 133 cm³/mol. The third-order valence-corrected chi connectivity index (χ3v) is 5.15. The average Bonchev–Trinajstić information content (AvgIpc) is 3.11. The first kappa shape index (κ1) is 23.0. The molecular formula is C21H29IN8O.